The number of nitrogens with one attached hydrogen (secondary N) is 1. The number of H-pyrrole nitrogens is 1. The zero-order valence-electron chi connectivity index (χ0n) is 7.94. The molecule has 0 fully saturated rings. The van der Waals surface area contributed by atoms with Gasteiger partial charge in [0.15, 0.2) is 0 Å². The molecule has 16 heavy (non-hydrogen) atoms. The van der Waals surface area contributed by atoms with Crippen molar-refractivity contribution >= 4 is 21.9 Å². The highest BCUT2D eigenvalue weighted by atomic mass is 79.9. The van der Waals surface area contributed by atoms with Crippen molar-refractivity contribution in [3.05, 3.63) is 34.4 Å². The number of aromatic carboxylic acids is 1. The molecule has 3 N–H and O–H groups in total. The van der Waals surface area contributed by atoms with Crippen molar-refractivity contribution in [2.45, 2.75) is 0 Å². The smallest absolute Gasteiger partial charge is 0.353 e. The van der Waals surface area contributed by atoms with Gasteiger partial charge in [-0.3, -0.25) is 5.10 Å². The number of aromatic nitrogens is 2. The first-order valence-corrected chi connectivity index (χ1v) is 5.15. The van der Waals surface area contributed by atoms with Crippen molar-refractivity contribution in [3.8, 4) is 17.0 Å². The number of carboxylic acids is 1. The van der Waals surface area contributed by atoms with Crippen molar-refractivity contribution in [3.63, 3.8) is 0 Å². The van der Waals surface area contributed by atoms with E-state index in [-0.39, 0.29) is 11.4 Å². The molecule has 0 saturated carbocycles. The van der Waals surface area contributed by atoms with E-state index >= 15 is 0 Å². The fourth-order valence-corrected chi connectivity index (χ4v) is 1.64. The average Bonchev–Trinajstić information content (AvgIpc) is 2.66. The average molecular weight is 283 g/mol. The molecule has 2 rings (SSSR count). The molecule has 0 aliphatic heterocycles. The quantitative estimate of drug-likeness (QED) is 0.789. The number of halogens is 1. The lowest BCUT2D eigenvalue weighted by atomic mass is 10.1. The van der Waals surface area contributed by atoms with Gasteiger partial charge in [-0.15, -0.1) is 0 Å². The molecular formula is C10H7BrN2O3. The van der Waals surface area contributed by atoms with Gasteiger partial charge in [-0.05, 0) is 24.3 Å². The van der Waals surface area contributed by atoms with Gasteiger partial charge in [-0.1, -0.05) is 15.9 Å². The number of hydrogen-bond acceptors (Lipinski definition) is 3. The third kappa shape index (κ3) is 1.92. The molecule has 0 amide bonds. The highest BCUT2D eigenvalue weighted by Gasteiger charge is 2.12. The molecule has 0 atom stereocenters. The second-order valence-corrected chi connectivity index (χ2v) is 4.05. The van der Waals surface area contributed by atoms with Crippen LogP contribution < -0.4 is 0 Å². The van der Waals surface area contributed by atoms with E-state index in [2.05, 4.69) is 26.1 Å². The van der Waals surface area contributed by atoms with Crippen LogP contribution in [-0.2, 0) is 0 Å². The number of hydrogen-bond donors (Lipinski definition) is 3. The number of rotatable bonds is 2. The van der Waals surface area contributed by atoms with E-state index in [0.29, 0.717) is 11.3 Å². The summed E-state index contributed by atoms with van der Waals surface area (Å²) >= 11 is 3.21. The summed E-state index contributed by atoms with van der Waals surface area (Å²) < 4.78 is 0.739. The molecule has 1 aromatic carbocycles. The van der Waals surface area contributed by atoms with Crippen LogP contribution in [0.5, 0.6) is 5.75 Å². The molecule has 0 bridgehead atoms. The van der Waals surface area contributed by atoms with Crippen LogP contribution in [0.3, 0.4) is 0 Å². The zero-order valence-corrected chi connectivity index (χ0v) is 9.52. The minimum atomic E-state index is -1.09. The van der Waals surface area contributed by atoms with Gasteiger partial charge in [0.1, 0.15) is 11.4 Å². The van der Waals surface area contributed by atoms with Crippen LogP contribution in [0.15, 0.2) is 28.7 Å². The Morgan fingerprint density at radius 3 is 2.69 bits per heavy atom. The minimum Gasteiger partial charge on any atom is -0.507 e. The molecule has 6 heteroatoms. The SMILES string of the molecule is O=C(O)c1cc(-c2ccc(Br)cc2O)n[nH]1. The summed E-state index contributed by atoms with van der Waals surface area (Å²) in [7, 11) is 0. The molecule has 0 saturated heterocycles. The lowest BCUT2D eigenvalue weighted by Crippen LogP contribution is -1.95. The molecule has 1 aromatic heterocycles. The number of aromatic hydroxyl groups is 1. The molecule has 0 spiro atoms. The number of phenolic OH excluding ortho intramolecular Hbond substituents is 1. The fraction of sp³-hybridized carbons (Fsp3) is 0. The summed E-state index contributed by atoms with van der Waals surface area (Å²) in [6.07, 6.45) is 0. The highest BCUT2D eigenvalue weighted by Crippen LogP contribution is 2.30. The largest absolute Gasteiger partial charge is 0.507 e. The fourth-order valence-electron chi connectivity index (χ4n) is 1.29. The summed E-state index contributed by atoms with van der Waals surface area (Å²) in [5.74, 6) is -1.05. The van der Waals surface area contributed by atoms with E-state index in [4.69, 9.17) is 5.11 Å². The van der Waals surface area contributed by atoms with Crippen LogP contribution in [0.2, 0.25) is 0 Å². The normalized spacial score (nSPS) is 10.3. The number of aromatic amines is 1. The molecule has 2 aromatic rings. The summed E-state index contributed by atoms with van der Waals surface area (Å²) in [5, 5.41) is 24.6. The van der Waals surface area contributed by atoms with E-state index in [0.717, 1.165) is 4.47 Å². The highest BCUT2D eigenvalue weighted by molar-refractivity contribution is 9.10. The molecule has 1 heterocycles. The lowest BCUT2D eigenvalue weighted by molar-refractivity contribution is 0.0690. The number of carboxylic acid groups (broad SMARTS) is 1. The first kappa shape index (κ1) is 10.7. The molecule has 0 aliphatic rings. The lowest BCUT2D eigenvalue weighted by Gasteiger charge is -2.00. The topological polar surface area (TPSA) is 86.2 Å². The van der Waals surface area contributed by atoms with E-state index in [1.54, 1.807) is 12.1 Å². The van der Waals surface area contributed by atoms with Gasteiger partial charge in [-0.25, -0.2) is 4.79 Å². The van der Waals surface area contributed by atoms with Crippen molar-refractivity contribution in [1.29, 1.82) is 0 Å². The summed E-state index contributed by atoms with van der Waals surface area (Å²) in [6.45, 7) is 0. The standard InChI is InChI=1S/C10H7BrN2O3/c11-5-1-2-6(9(14)3-5)7-4-8(10(15)16)13-12-7/h1-4,14H,(H,12,13)(H,15,16). The Hall–Kier alpha value is -1.82. The first-order valence-electron chi connectivity index (χ1n) is 4.35. The predicted octanol–water partition coefficient (Wildman–Crippen LogP) is 2.24. The maximum atomic E-state index is 10.6. The maximum Gasteiger partial charge on any atom is 0.353 e. The third-order valence-electron chi connectivity index (χ3n) is 2.04. The van der Waals surface area contributed by atoms with Crippen LogP contribution >= 0.6 is 15.9 Å². The Balaban J connectivity index is 2.46. The summed E-state index contributed by atoms with van der Waals surface area (Å²) in [6, 6.07) is 6.28. The van der Waals surface area contributed by atoms with Gasteiger partial charge in [0.2, 0.25) is 0 Å². The van der Waals surface area contributed by atoms with E-state index in [1.165, 1.54) is 12.1 Å². The second-order valence-electron chi connectivity index (χ2n) is 3.13. The van der Waals surface area contributed by atoms with Crippen molar-refractivity contribution in [1.82, 2.24) is 10.2 Å². The third-order valence-corrected chi connectivity index (χ3v) is 2.54. The Kier molecular flexibility index (Phi) is 2.66. The van der Waals surface area contributed by atoms with Gasteiger partial charge in [0.25, 0.3) is 0 Å². The van der Waals surface area contributed by atoms with E-state index in [9.17, 15) is 9.90 Å². The van der Waals surface area contributed by atoms with Gasteiger partial charge < -0.3 is 10.2 Å². The number of phenols is 1. The molecule has 0 unspecified atom stereocenters. The zero-order chi connectivity index (χ0) is 11.7. The Morgan fingerprint density at radius 1 is 1.38 bits per heavy atom. The van der Waals surface area contributed by atoms with Crippen LogP contribution in [0, 0.1) is 0 Å². The summed E-state index contributed by atoms with van der Waals surface area (Å²) in [4.78, 5) is 10.6. The van der Waals surface area contributed by atoms with Crippen LogP contribution in [0.4, 0.5) is 0 Å². The van der Waals surface area contributed by atoms with Gasteiger partial charge >= 0.3 is 5.97 Å². The molecule has 0 radical (unpaired) electrons. The number of carbonyl (C=O) groups is 1. The first-order chi connectivity index (χ1) is 7.58. The number of nitrogens with zero attached hydrogens (tertiary/aromatic N) is 1. The molecule has 0 aliphatic carbocycles. The molecular weight excluding hydrogens is 276 g/mol. The van der Waals surface area contributed by atoms with Crippen molar-refractivity contribution in [2.24, 2.45) is 0 Å². The summed E-state index contributed by atoms with van der Waals surface area (Å²) in [5.41, 5.74) is 0.853. The predicted molar refractivity (Wildman–Crippen MR) is 60.3 cm³/mol. The van der Waals surface area contributed by atoms with Crippen LogP contribution in [0.1, 0.15) is 10.5 Å². The van der Waals surface area contributed by atoms with Crippen LogP contribution in [0.25, 0.3) is 11.3 Å². The Bertz CT molecular complexity index is 551. The number of benzene rings is 1. The Morgan fingerprint density at radius 2 is 2.12 bits per heavy atom. The second kappa shape index (κ2) is 3.97. The maximum absolute atomic E-state index is 10.6. The van der Waals surface area contributed by atoms with Crippen molar-refractivity contribution < 1.29 is 15.0 Å². The van der Waals surface area contributed by atoms with E-state index in [1.807, 2.05) is 0 Å². The van der Waals surface area contributed by atoms with Gasteiger partial charge in [-0.2, -0.15) is 5.10 Å². The van der Waals surface area contributed by atoms with Crippen LogP contribution in [-0.4, -0.2) is 26.4 Å². The van der Waals surface area contributed by atoms with Gasteiger partial charge in [0.05, 0.1) is 5.69 Å². The minimum absolute atomic E-state index is 0.0164. The van der Waals surface area contributed by atoms with Crippen molar-refractivity contribution in [2.75, 3.05) is 0 Å². The van der Waals surface area contributed by atoms with E-state index < -0.39 is 5.97 Å². The Labute approximate surface area is 98.9 Å². The van der Waals surface area contributed by atoms with Gasteiger partial charge in [0, 0.05) is 10.0 Å². The molecule has 5 nitrogen and oxygen atoms in total. The molecule has 82 valence electrons. The monoisotopic (exact) mass is 282 g/mol.